The summed E-state index contributed by atoms with van der Waals surface area (Å²) in [5.74, 6) is -0.838. The third-order valence-electron chi connectivity index (χ3n) is 3.94. The molecule has 2 N–H and O–H groups in total. The first-order valence-corrected chi connectivity index (χ1v) is 7.31. The Bertz CT molecular complexity index is 453. The minimum Gasteiger partial charge on any atom is -0.395 e. The van der Waals surface area contributed by atoms with E-state index in [4.69, 9.17) is 5.11 Å². The van der Waals surface area contributed by atoms with Gasteiger partial charge < -0.3 is 10.4 Å². The fourth-order valence-corrected chi connectivity index (χ4v) is 2.70. The van der Waals surface area contributed by atoms with Gasteiger partial charge in [0.2, 0.25) is 0 Å². The number of rotatable bonds is 6. The van der Waals surface area contributed by atoms with Crippen molar-refractivity contribution >= 4 is 0 Å². The van der Waals surface area contributed by atoms with Gasteiger partial charge in [-0.2, -0.15) is 0 Å². The molecule has 0 bridgehead atoms. The predicted molar refractivity (Wildman–Crippen MR) is 78.1 cm³/mol. The molecule has 21 heavy (non-hydrogen) atoms. The predicted octanol–water partition coefficient (Wildman–Crippen LogP) is 0.835. The standard InChI is InChI=1S/C15H23F2N3O/c1-19(8-9-21)15(11-20-6-4-18-5-7-20)13-10-12(16)2-3-14(13)17/h2-3,10,15,18,21H,4-9,11H2,1H3. The fraction of sp³-hybridized carbons (Fsp3) is 0.600. The van der Waals surface area contributed by atoms with Crippen LogP contribution in [-0.4, -0.2) is 67.8 Å². The van der Waals surface area contributed by atoms with Gasteiger partial charge in [-0.3, -0.25) is 9.80 Å². The molecule has 1 aliphatic rings. The Hall–Kier alpha value is -1.08. The van der Waals surface area contributed by atoms with Crippen molar-refractivity contribution in [2.75, 3.05) is 52.9 Å². The zero-order chi connectivity index (χ0) is 15.2. The summed E-state index contributed by atoms with van der Waals surface area (Å²) in [6.07, 6.45) is 0. The number of piperazine rings is 1. The van der Waals surface area contributed by atoms with Gasteiger partial charge in [0, 0.05) is 44.8 Å². The maximum absolute atomic E-state index is 14.1. The molecular formula is C15H23F2N3O. The summed E-state index contributed by atoms with van der Waals surface area (Å²) in [6, 6.07) is 3.29. The van der Waals surface area contributed by atoms with Crippen molar-refractivity contribution in [3.05, 3.63) is 35.4 Å². The van der Waals surface area contributed by atoms with Gasteiger partial charge in [-0.15, -0.1) is 0 Å². The van der Waals surface area contributed by atoms with Crippen molar-refractivity contribution in [3.63, 3.8) is 0 Å². The van der Waals surface area contributed by atoms with E-state index in [-0.39, 0.29) is 12.6 Å². The lowest BCUT2D eigenvalue weighted by atomic mass is 10.0. The number of aliphatic hydroxyl groups excluding tert-OH is 1. The Morgan fingerprint density at radius 1 is 1.33 bits per heavy atom. The SMILES string of the molecule is CN(CCO)C(CN1CCNCC1)c1cc(F)ccc1F. The van der Waals surface area contributed by atoms with Gasteiger partial charge in [-0.1, -0.05) is 0 Å². The number of aliphatic hydroxyl groups is 1. The minimum absolute atomic E-state index is 0.00844. The van der Waals surface area contributed by atoms with Crippen LogP contribution < -0.4 is 5.32 Å². The summed E-state index contributed by atoms with van der Waals surface area (Å²) >= 11 is 0. The number of hydrogen-bond donors (Lipinski definition) is 2. The number of likely N-dealkylation sites (N-methyl/N-ethyl adjacent to an activating group) is 1. The molecule has 1 unspecified atom stereocenters. The van der Waals surface area contributed by atoms with Crippen LogP contribution in [0.3, 0.4) is 0 Å². The summed E-state index contributed by atoms with van der Waals surface area (Å²) in [5.41, 5.74) is 0.351. The van der Waals surface area contributed by atoms with Gasteiger partial charge in [-0.25, -0.2) is 8.78 Å². The van der Waals surface area contributed by atoms with E-state index in [1.165, 1.54) is 12.1 Å². The van der Waals surface area contributed by atoms with Crippen molar-refractivity contribution in [1.29, 1.82) is 0 Å². The minimum atomic E-state index is -0.436. The van der Waals surface area contributed by atoms with Crippen molar-refractivity contribution in [2.24, 2.45) is 0 Å². The van der Waals surface area contributed by atoms with E-state index < -0.39 is 11.6 Å². The second-order valence-electron chi connectivity index (χ2n) is 5.44. The zero-order valence-electron chi connectivity index (χ0n) is 12.4. The maximum Gasteiger partial charge on any atom is 0.128 e. The molecule has 0 aromatic heterocycles. The van der Waals surface area contributed by atoms with Crippen LogP contribution in [0.4, 0.5) is 8.78 Å². The molecule has 2 rings (SSSR count). The molecule has 1 heterocycles. The number of nitrogens with zero attached hydrogens (tertiary/aromatic N) is 2. The van der Waals surface area contributed by atoms with Crippen molar-refractivity contribution in [2.45, 2.75) is 6.04 Å². The lowest BCUT2D eigenvalue weighted by Gasteiger charge is -2.35. The lowest BCUT2D eigenvalue weighted by molar-refractivity contribution is 0.127. The average Bonchev–Trinajstić information content (AvgIpc) is 2.49. The van der Waals surface area contributed by atoms with Crippen molar-refractivity contribution in [1.82, 2.24) is 15.1 Å². The largest absolute Gasteiger partial charge is 0.395 e. The Labute approximate surface area is 124 Å². The molecule has 1 saturated heterocycles. The summed E-state index contributed by atoms with van der Waals surface area (Å²) in [7, 11) is 1.83. The topological polar surface area (TPSA) is 38.7 Å². The van der Waals surface area contributed by atoms with Crippen LogP contribution in [0, 0.1) is 11.6 Å². The smallest absolute Gasteiger partial charge is 0.128 e. The second kappa shape index (κ2) is 7.79. The van der Waals surface area contributed by atoms with Gasteiger partial charge in [0.1, 0.15) is 11.6 Å². The first-order valence-electron chi connectivity index (χ1n) is 7.31. The highest BCUT2D eigenvalue weighted by molar-refractivity contribution is 5.23. The van der Waals surface area contributed by atoms with Crippen molar-refractivity contribution in [3.8, 4) is 0 Å². The van der Waals surface area contributed by atoms with Crippen LogP contribution >= 0.6 is 0 Å². The second-order valence-corrected chi connectivity index (χ2v) is 5.44. The maximum atomic E-state index is 14.1. The molecule has 6 heteroatoms. The number of halogens is 2. The highest BCUT2D eigenvalue weighted by atomic mass is 19.1. The molecule has 0 spiro atoms. The first kappa shape index (κ1) is 16.3. The fourth-order valence-electron chi connectivity index (χ4n) is 2.70. The van der Waals surface area contributed by atoms with Crippen LogP contribution in [0.1, 0.15) is 11.6 Å². The monoisotopic (exact) mass is 299 g/mol. The van der Waals surface area contributed by atoms with E-state index in [0.29, 0.717) is 18.7 Å². The van der Waals surface area contributed by atoms with E-state index in [1.807, 2.05) is 11.9 Å². The van der Waals surface area contributed by atoms with E-state index in [9.17, 15) is 8.78 Å². The summed E-state index contributed by atoms with van der Waals surface area (Å²) in [6.45, 7) is 4.63. The van der Waals surface area contributed by atoms with Gasteiger partial charge in [0.05, 0.1) is 12.6 Å². The molecule has 0 radical (unpaired) electrons. The molecule has 1 aliphatic heterocycles. The Balaban J connectivity index is 2.19. The van der Waals surface area contributed by atoms with Gasteiger partial charge >= 0.3 is 0 Å². The number of benzene rings is 1. The van der Waals surface area contributed by atoms with Crippen LogP contribution in [0.15, 0.2) is 18.2 Å². The summed E-state index contributed by atoms with van der Waals surface area (Å²) < 4.78 is 27.6. The summed E-state index contributed by atoms with van der Waals surface area (Å²) in [4.78, 5) is 4.11. The lowest BCUT2D eigenvalue weighted by Crippen LogP contribution is -2.47. The van der Waals surface area contributed by atoms with E-state index in [1.54, 1.807) is 0 Å². The Morgan fingerprint density at radius 2 is 2.05 bits per heavy atom. The third-order valence-corrected chi connectivity index (χ3v) is 3.94. The van der Waals surface area contributed by atoms with Gasteiger partial charge in [-0.05, 0) is 25.2 Å². The third kappa shape index (κ3) is 4.44. The molecule has 1 aromatic carbocycles. The highest BCUT2D eigenvalue weighted by Gasteiger charge is 2.24. The normalized spacial score (nSPS) is 18.1. The van der Waals surface area contributed by atoms with Crippen LogP contribution in [-0.2, 0) is 0 Å². The van der Waals surface area contributed by atoms with E-state index >= 15 is 0 Å². The van der Waals surface area contributed by atoms with Gasteiger partial charge in [0.25, 0.3) is 0 Å². The first-order chi connectivity index (χ1) is 10.1. The van der Waals surface area contributed by atoms with Crippen LogP contribution in [0.25, 0.3) is 0 Å². The molecule has 1 fully saturated rings. The van der Waals surface area contributed by atoms with Crippen molar-refractivity contribution < 1.29 is 13.9 Å². The molecule has 4 nitrogen and oxygen atoms in total. The van der Waals surface area contributed by atoms with Crippen LogP contribution in [0.2, 0.25) is 0 Å². The average molecular weight is 299 g/mol. The highest BCUT2D eigenvalue weighted by Crippen LogP contribution is 2.24. The molecule has 1 atom stereocenters. The molecule has 118 valence electrons. The summed E-state index contributed by atoms with van der Waals surface area (Å²) in [5, 5.41) is 12.4. The molecule has 0 saturated carbocycles. The quantitative estimate of drug-likeness (QED) is 0.816. The number of nitrogens with one attached hydrogen (secondary N) is 1. The number of hydrogen-bond acceptors (Lipinski definition) is 4. The molecule has 1 aromatic rings. The molecule has 0 aliphatic carbocycles. The van der Waals surface area contributed by atoms with E-state index in [0.717, 1.165) is 32.2 Å². The van der Waals surface area contributed by atoms with Gasteiger partial charge in [0.15, 0.2) is 0 Å². The van der Waals surface area contributed by atoms with E-state index in [2.05, 4.69) is 10.2 Å². The molecule has 0 amide bonds. The van der Waals surface area contributed by atoms with Crippen LogP contribution in [0.5, 0.6) is 0 Å². The molecular weight excluding hydrogens is 276 g/mol. The Morgan fingerprint density at radius 3 is 2.71 bits per heavy atom. The zero-order valence-corrected chi connectivity index (χ0v) is 12.4. The Kier molecular flexibility index (Phi) is 6.05.